The Kier molecular flexibility index (Phi) is 10.1. The maximum atomic E-state index is 13.2. The maximum absolute atomic E-state index is 13.2. The molecule has 0 aromatic heterocycles. The van der Waals surface area contributed by atoms with Gasteiger partial charge in [0.25, 0.3) is 0 Å². The van der Waals surface area contributed by atoms with E-state index < -0.39 is 0 Å². The van der Waals surface area contributed by atoms with Gasteiger partial charge in [-0.1, -0.05) is 65.8 Å². The van der Waals surface area contributed by atoms with Crippen LogP contribution in [-0.2, 0) is 11.3 Å². The summed E-state index contributed by atoms with van der Waals surface area (Å²) in [5, 5.41) is 5.52. The molecule has 0 radical (unpaired) electrons. The molecule has 48 heavy (non-hydrogen) atoms. The molecule has 2 fully saturated rings. The normalized spacial score (nSPS) is 19.8. The minimum atomic E-state index is -0.388. The van der Waals surface area contributed by atoms with Crippen LogP contribution >= 0.6 is 0 Å². The Labute approximate surface area is 278 Å². The smallest absolute Gasteiger partial charge is 0.410 e. The third-order valence-corrected chi connectivity index (χ3v) is 9.00. The van der Waals surface area contributed by atoms with Gasteiger partial charge in [0, 0.05) is 37.3 Å². The number of carbonyl (C=O) groups is 1. The number of anilines is 1. The Morgan fingerprint density at radius 3 is 2.46 bits per heavy atom. The monoisotopic (exact) mass is 649 g/mol. The first-order valence-electron chi connectivity index (χ1n) is 15.9. The van der Waals surface area contributed by atoms with Gasteiger partial charge in [-0.25, -0.2) is 25.6 Å². The van der Waals surface area contributed by atoms with E-state index in [1.54, 1.807) is 27.0 Å². The molecule has 1 amide bonds. The average molecular weight is 650 g/mol. The Hall–Kier alpha value is -5.50. The van der Waals surface area contributed by atoms with Crippen molar-refractivity contribution in [1.82, 2.24) is 34.3 Å². The number of nitrogen functional groups attached to an aromatic ring is 1. The summed E-state index contributed by atoms with van der Waals surface area (Å²) in [6.45, 7) is 6.23. The second-order valence-electron chi connectivity index (χ2n) is 11.9. The number of rotatable bonds is 11. The van der Waals surface area contributed by atoms with Crippen molar-refractivity contribution < 1.29 is 9.53 Å². The first-order valence-corrected chi connectivity index (χ1v) is 15.9. The Morgan fingerprint density at radius 1 is 1.06 bits per heavy atom. The van der Waals surface area contributed by atoms with E-state index in [0.717, 1.165) is 24.0 Å². The Morgan fingerprint density at radius 2 is 1.77 bits per heavy atom. The third kappa shape index (κ3) is 7.08. The molecule has 15 heteroatoms. The van der Waals surface area contributed by atoms with Crippen LogP contribution in [0.25, 0.3) is 22.0 Å². The molecule has 1 saturated carbocycles. The van der Waals surface area contributed by atoms with Crippen LogP contribution in [0.3, 0.4) is 0 Å². The summed E-state index contributed by atoms with van der Waals surface area (Å²) in [6.07, 6.45) is 6.36. The molecule has 4 atom stereocenters. The number of azide groups is 1. The first kappa shape index (κ1) is 32.4. The van der Waals surface area contributed by atoms with Crippen LogP contribution in [0, 0.1) is 0 Å². The summed E-state index contributed by atoms with van der Waals surface area (Å²) in [5.41, 5.74) is 18.1. The first-order chi connectivity index (χ1) is 23.5. The molecule has 0 spiro atoms. The van der Waals surface area contributed by atoms with Gasteiger partial charge in [-0.15, -0.1) is 0 Å². The van der Waals surface area contributed by atoms with E-state index in [1.165, 1.54) is 6.33 Å². The summed E-state index contributed by atoms with van der Waals surface area (Å²) in [5.74, 6) is 7.88. The molecule has 3 heterocycles. The molecule has 4 N–H and O–H groups in total. The fraction of sp³-hybridized carbons (Fsp3) is 0.364. The van der Waals surface area contributed by atoms with Gasteiger partial charge in [-0.3, -0.25) is 9.89 Å². The lowest BCUT2D eigenvalue weighted by Gasteiger charge is -2.44. The zero-order valence-corrected chi connectivity index (χ0v) is 26.6. The van der Waals surface area contributed by atoms with Gasteiger partial charge in [-0.05, 0) is 42.6 Å². The van der Waals surface area contributed by atoms with Crippen molar-refractivity contribution in [2.24, 2.45) is 15.9 Å². The van der Waals surface area contributed by atoms with E-state index in [0.29, 0.717) is 62.2 Å². The number of ether oxygens (including phenoxy) is 1. The molecule has 1 saturated heterocycles. The van der Waals surface area contributed by atoms with Crippen molar-refractivity contribution in [1.29, 1.82) is 0 Å². The number of piperazine rings is 1. The van der Waals surface area contributed by atoms with E-state index in [2.05, 4.69) is 65.9 Å². The van der Waals surface area contributed by atoms with Crippen LogP contribution in [0.15, 0.2) is 95.3 Å². The van der Waals surface area contributed by atoms with Crippen molar-refractivity contribution >= 4 is 18.6 Å². The third-order valence-electron chi connectivity index (χ3n) is 9.00. The van der Waals surface area contributed by atoms with Crippen molar-refractivity contribution in [3.63, 3.8) is 0 Å². The van der Waals surface area contributed by atoms with E-state index in [1.807, 2.05) is 36.4 Å². The zero-order chi connectivity index (χ0) is 33.5. The number of nitrogens with zero attached hydrogens (tertiary/aromatic N) is 11. The molecule has 2 unspecified atom stereocenters. The molecule has 248 valence electrons. The molecule has 0 bridgehead atoms. The molecule has 2 aromatic rings. The van der Waals surface area contributed by atoms with Gasteiger partial charge >= 0.3 is 6.09 Å². The lowest BCUT2D eigenvalue weighted by Crippen LogP contribution is -2.53. The highest BCUT2D eigenvalue weighted by molar-refractivity contribution is 5.68. The number of aliphatic imine (C=N–C) groups is 1. The highest BCUT2D eigenvalue weighted by Crippen LogP contribution is 2.39. The van der Waals surface area contributed by atoms with Crippen LogP contribution in [0.2, 0.25) is 0 Å². The largest absolute Gasteiger partial charge is 0.446 e. The molecule has 3 aliphatic heterocycles. The van der Waals surface area contributed by atoms with Crippen molar-refractivity contribution in [3.05, 3.63) is 107 Å². The molecule has 2 aromatic carbocycles. The van der Waals surface area contributed by atoms with Gasteiger partial charge in [0.1, 0.15) is 18.1 Å². The highest BCUT2D eigenvalue weighted by Gasteiger charge is 2.37. The number of benzene rings is 2. The summed E-state index contributed by atoms with van der Waals surface area (Å²) in [7, 11) is 0. The maximum Gasteiger partial charge on any atom is 0.410 e. The SMILES string of the molecule is C=N/C(=C\N(N)[C@@H](c1ccccc1)[C@@H](c1ccccc1)N1CCN(C(=O)OC2CCCC2N=[N+]=[N-])CC1)Cn1cnc(N)c2ncnc1-2. The van der Waals surface area contributed by atoms with Crippen LogP contribution in [0.1, 0.15) is 42.5 Å². The topological polar surface area (TPSA) is 193 Å². The number of hydrogen-bond acceptors (Lipinski definition) is 11. The molecule has 15 nitrogen and oxygen atoms in total. The molecular weight excluding hydrogens is 610 g/mol. The summed E-state index contributed by atoms with van der Waals surface area (Å²) in [4.78, 5) is 37.3. The van der Waals surface area contributed by atoms with Crippen molar-refractivity contribution in [2.75, 3.05) is 31.9 Å². The highest BCUT2D eigenvalue weighted by atomic mass is 16.6. The Bertz CT molecular complexity index is 1730. The van der Waals surface area contributed by atoms with E-state index >= 15 is 0 Å². The minimum Gasteiger partial charge on any atom is -0.446 e. The number of imidazole rings is 1. The fourth-order valence-electron chi connectivity index (χ4n) is 6.61. The second-order valence-corrected chi connectivity index (χ2v) is 11.9. The second kappa shape index (κ2) is 14.9. The molecule has 4 aliphatic rings. The number of hydrazine groups is 1. The van der Waals surface area contributed by atoms with Gasteiger partial charge in [0.05, 0.1) is 36.7 Å². The van der Waals surface area contributed by atoms with Gasteiger partial charge in [0.2, 0.25) is 0 Å². The minimum absolute atomic E-state index is 0.193. The van der Waals surface area contributed by atoms with Crippen LogP contribution in [0.5, 0.6) is 0 Å². The number of aromatic nitrogens is 4. The standard InChI is InChI=1S/C33H39N13O2/c1-37-25(19-45-22-40-31(34)28-32(45)39-21-38-28)20-46(36)30(24-11-6-3-7-12-24)29(23-9-4-2-5-10-23)43-15-17-44(18-16-43)33(47)48-27-14-8-13-26(27)41-42-35/h2-7,9-12,20-22,26-27,29-30H,1,8,13-19,34,36H2/b25-20-/t26?,27?,29-,30+/m1/s1. The lowest BCUT2D eigenvalue weighted by molar-refractivity contribution is 0.0239. The van der Waals surface area contributed by atoms with E-state index in [-0.39, 0.29) is 30.3 Å². The average Bonchev–Trinajstić information content (AvgIpc) is 3.80. The van der Waals surface area contributed by atoms with Gasteiger partial charge in [-0.2, -0.15) is 0 Å². The number of hydrogen-bond donors (Lipinski definition) is 2. The van der Waals surface area contributed by atoms with Gasteiger partial charge < -0.3 is 24.9 Å². The Balaban J connectivity index is 1.26. The number of nitrogens with two attached hydrogens (primary N) is 2. The summed E-state index contributed by atoms with van der Waals surface area (Å²) >= 11 is 0. The number of amides is 1. The van der Waals surface area contributed by atoms with Crippen LogP contribution in [0.4, 0.5) is 10.6 Å². The predicted molar refractivity (Wildman–Crippen MR) is 181 cm³/mol. The van der Waals surface area contributed by atoms with E-state index in [4.69, 9.17) is 21.8 Å². The molecule has 6 rings (SSSR count). The summed E-state index contributed by atoms with van der Waals surface area (Å²) < 4.78 is 7.62. The van der Waals surface area contributed by atoms with Crippen LogP contribution in [-0.4, -0.2) is 85.5 Å². The number of fused-ring (bicyclic) bond motifs is 1. The zero-order valence-electron chi connectivity index (χ0n) is 26.6. The van der Waals surface area contributed by atoms with Crippen molar-refractivity contribution in [3.8, 4) is 11.5 Å². The fourth-order valence-corrected chi connectivity index (χ4v) is 6.61. The number of carbonyl (C=O) groups excluding carboxylic acids is 1. The lowest BCUT2D eigenvalue weighted by atomic mass is 9.91. The molecular formula is C33H39N13O2. The predicted octanol–water partition coefficient (Wildman–Crippen LogP) is 4.55. The molecule has 1 aliphatic carbocycles. The number of allylic oxidation sites excluding steroid dienone is 1. The summed E-state index contributed by atoms with van der Waals surface area (Å²) in [6, 6.07) is 19.5. The van der Waals surface area contributed by atoms with Gasteiger partial charge in [0.15, 0.2) is 11.6 Å². The van der Waals surface area contributed by atoms with E-state index in [9.17, 15) is 4.79 Å². The quantitative estimate of drug-likeness (QED) is 0.0586. The van der Waals surface area contributed by atoms with Crippen molar-refractivity contribution in [2.45, 2.75) is 50.0 Å². The van der Waals surface area contributed by atoms with Crippen LogP contribution < -0.4 is 11.6 Å².